The van der Waals surface area contributed by atoms with E-state index in [1.807, 2.05) is 6.07 Å². The predicted octanol–water partition coefficient (Wildman–Crippen LogP) is 0.958. The molecule has 1 N–H and O–H groups in total. The lowest BCUT2D eigenvalue weighted by Crippen LogP contribution is -2.48. The quantitative estimate of drug-likeness (QED) is 0.837. The number of amides is 2. The third-order valence-corrected chi connectivity index (χ3v) is 3.74. The number of methoxy groups -OCH3 is 1. The van der Waals surface area contributed by atoms with Crippen molar-refractivity contribution < 1.29 is 18.8 Å². The van der Waals surface area contributed by atoms with Crippen LogP contribution in [0.2, 0.25) is 0 Å². The number of hydrogen-bond acceptors (Lipinski definition) is 8. The van der Waals surface area contributed by atoms with E-state index in [1.165, 1.54) is 6.20 Å². The fourth-order valence-corrected chi connectivity index (χ4v) is 2.52. The highest BCUT2D eigenvalue weighted by Crippen LogP contribution is 2.13. The van der Waals surface area contributed by atoms with Gasteiger partial charge in [-0.2, -0.15) is 10.2 Å². The third kappa shape index (κ3) is 4.53. The first-order valence-corrected chi connectivity index (χ1v) is 8.02. The molecule has 136 valence electrons. The molecule has 1 aliphatic heterocycles. The number of nitriles is 1. The smallest absolute Gasteiger partial charge is 0.322 e. The summed E-state index contributed by atoms with van der Waals surface area (Å²) in [5.74, 6) is 0.918. The van der Waals surface area contributed by atoms with Gasteiger partial charge in [-0.05, 0) is 12.1 Å². The number of pyridine rings is 1. The second-order valence-corrected chi connectivity index (χ2v) is 5.65. The second-order valence-electron chi connectivity index (χ2n) is 5.65. The topological polar surface area (TPSA) is 126 Å². The highest BCUT2D eigenvalue weighted by molar-refractivity contribution is 5.89. The summed E-state index contributed by atoms with van der Waals surface area (Å²) >= 11 is 0. The summed E-state index contributed by atoms with van der Waals surface area (Å²) in [5.41, 5.74) is 0.819. The van der Waals surface area contributed by atoms with Crippen molar-refractivity contribution in [2.24, 2.45) is 0 Å². The van der Waals surface area contributed by atoms with E-state index in [1.54, 1.807) is 24.1 Å². The first-order valence-electron chi connectivity index (χ1n) is 8.02. The normalized spacial score (nSPS) is 16.9. The number of urea groups is 1. The number of ether oxygens (including phenoxy) is 2. The van der Waals surface area contributed by atoms with Crippen LogP contribution in [0.5, 0.6) is 0 Å². The minimum atomic E-state index is -0.254. The lowest BCUT2D eigenvalue weighted by atomic mass is 10.2. The number of aromatic nitrogens is 3. The maximum absolute atomic E-state index is 12.4. The fraction of sp³-hybridized carbons (Fsp3) is 0.438. The standard InChI is InChI=1S/C16H18N6O4/c1-24-10-14-20-15(26-21-14)6-13-9-22(4-5-25-13)16(23)19-12-3-2-11(7-17)18-8-12/h2-3,8,13H,4-6,9-10H2,1H3,(H,19,23)/t13-/m0/s1. The maximum atomic E-state index is 12.4. The lowest BCUT2D eigenvalue weighted by molar-refractivity contribution is -0.0148. The molecule has 0 radical (unpaired) electrons. The first kappa shape index (κ1) is 17.8. The summed E-state index contributed by atoms with van der Waals surface area (Å²) in [5, 5.41) is 15.3. The zero-order valence-corrected chi connectivity index (χ0v) is 14.2. The third-order valence-electron chi connectivity index (χ3n) is 3.74. The fourth-order valence-electron chi connectivity index (χ4n) is 2.52. The Balaban J connectivity index is 1.54. The Kier molecular flexibility index (Phi) is 5.73. The van der Waals surface area contributed by atoms with E-state index in [-0.39, 0.29) is 18.7 Å². The SMILES string of the molecule is COCc1noc(C[C@H]2CN(C(=O)Nc3ccc(C#N)nc3)CCO2)n1. The molecular formula is C16H18N6O4. The van der Waals surface area contributed by atoms with Crippen molar-refractivity contribution in [3.05, 3.63) is 35.7 Å². The number of nitrogens with zero attached hydrogens (tertiary/aromatic N) is 5. The Morgan fingerprint density at radius 2 is 2.42 bits per heavy atom. The zero-order valence-electron chi connectivity index (χ0n) is 14.2. The van der Waals surface area contributed by atoms with E-state index in [0.29, 0.717) is 49.2 Å². The van der Waals surface area contributed by atoms with E-state index in [2.05, 4.69) is 20.4 Å². The Labute approximate surface area is 149 Å². The number of rotatable bonds is 5. The van der Waals surface area contributed by atoms with Crippen molar-refractivity contribution in [1.82, 2.24) is 20.0 Å². The number of hydrogen-bond donors (Lipinski definition) is 1. The van der Waals surface area contributed by atoms with E-state index >= 15 is 0 Å². The summed E-state index contributed by atoms with van der Waals surface area (Å²) in [6.45, 7) is 1.58. The molecule has 3 rings (SSSR count). The highest BCUT2D eigenvalue weighted by atomic mass is 16.5. The molecule has 1 fully saturated rings. The van der Waals surface area contributed by atoms with Crippen LogP contribution in [0, 0.1) is 11.3 Å². The lowest BCUT2D eigenvalue weighted by Gasteiger charge is -2.32. The molecular weight excluding hydrogens is 340 g/mol. The Bertz CT molecular complexity index is 785. The van der Waals surface area contributed by atoms with Gasteiger partial charge in [-0.3, -0.25) is 0 Å². The van der Waals surface area contributed by atoms with Gasteiger partial charge in [-0.25, -0.2) is 9.78 Å². The monoisotopic (exact) mass is 358 g/mol. The second kappa shape index (κ2) is 8.37. The van der Waals surface area contributed by atoms with Crippen molar-refractivity contribution >= 4 is 11.7 Å². The molecule has 2 aromatic rings. The Morgan fingerprint density at radius 1 is 1.54 bits per heavy atom. The molecule has 1 saturated heterocycles. The first-order chi connectivity index (χ1) is 12.7. The van der Waals surface area contributed by atoms with Gasteiger partial charge in [0.15, 0.2) is 5.82 Å². The molecule has 0 aromatic carbocycles. The molecule has 3 heterocycles. The van der Waals surface area contributed by atoms with Gasteiger partial charge in [0.05, 0.1) is 31.0 Å². The molecule has 0 unspecified atom stereocenters. The summed E-state index contributed by atoms with van der Waals surface area (Å²) < 4.78 is 15.8. The average Bonchev–Trinajstić information content (AvgIpc) is 3.10. The number of anilines is 1. The van der Waals surface area contributed by atoms with Gasteiger partial charge >= 0.3 is 6.03 Å². The van der Waals surface area contributed by atoms with Crippen LogP contribution >= 0.6 is 0 Å². The minimum absolute atomic E-state index is 0.232. The van der Waals surface area contributed by atoms with Crippen LogP contribution in [0.15, 0.2) is 22.9 Å². The van der Waals surface area contributed by atoms with Crippen LogP contribution < -0.4 is 5.32 Å². The number of carbonyl (C=O) groups is 1. The highest BCUT2D eigenvalue weighted by Gasteiger charge is 2.26. The summed E-state index contributed by atoms with van der Waals surface area (Å²) in [4.78, 5) is 22.2. The van der Waals surface area contributed by atoms with Crippen LogP contribution in [0.3, 0.4) is 0 Å². The molecule has 1 atom stereocenters. The van der Waals surface area contributed by atoms with Crippen LogP contribution in [-0.4, -0.2) is 59.0 Å². The van der Waals surface area contributed by atoms with Crippen molar-refractivity contribution in [2.75, 3.05) is 32.1 Å². The Hall–Kier alpha value is -3.03. The van der Waals surface area contributed by atoms with Crippen molar-refractivity contribution in [1.29, 1.82) is 5.26 Å². The van der Waals surface area contributed by atoms with Crippen LogP contribution in [0.1, 0.15) is 17.4 Å². The summed E-state index contributed by atoms with van der Waals surface area (Å²) in [7, 11) is 1.56. The van der Waals surface area contributed by atoms with Crippen LogP contribution in [0.4, 0.5) is 10.5 Å². The van der Waals surface area contributed by atoms with E-state index < -0.39 is 0 Å². The predicted molar refractivity (Wildman–Crippen MR) is 88.0 cm³/mol. The molecule has 10 nitrogen and oxygen atoms in total. The molecule has 0 saturated carbocycles. The summed E-state index contributed by atoms with van der Waals surface area (Å²) in [6.07, 6.45) is 1.63. The van der Waals surface area contributed by atoms with E-state index in [4.69, 9.17) is 19.3 Å². The summed E-state index contributed by atoms with van der Waals surface area (Å²) in [6, 6.07) is 4.86. The maximum Gasteiger partial charge on any atom is 0.322 e. The molecule has 2 aromatic heterocycles. The van der Waals surface area contributed by atoms with Crippen molar-refractivity contribution in [2.45, 2.75) is 19.1 Å². The van der Waals surface area contributed by atoms with Gasteiger partial charge in [0.25, 0.3) is 0 Å². The van der Waals surface area contributed by atoms with Crippen molar-refractivity contribution in [3.63, 3.8) is 0 Å². The minimum Gasteiger partial charge on any atom is -0.377 e. The van der Waals surface area contributed by atoms with E-state index in [9.17, 15) is 4.79 Å². The van der Waals surface area contributed by atoms with Gasteiger partial charge in [0.2, 0.25) is 5.89 Å². The van der Waals surface area contributed by atoms with Crippen LogP contribution in [-0.2, 0) is 22.5 Å². The zero-order chi connectivity index (χ0) is 18.4. The number of nitrogens with one attached hydrogen (secondary N) is 1. The largest absolute Gasteiger partial charge is 0.377 e. The molecule has 1 aliphatic rings. The molecule has 0 aliphatic carbocycles. The Morgan fingerprint density at radius 3 is 3.15 bits per heavy atom. The molecule has 0 spiro atoms. The number of morpholine rings is 1. The molecule has 10 heteroatoms. The van der Waals surface area contributed by atoms with Gasteiger partial charge in [-0.15, -0.1) is 0 Å². The van der Waals surface area contributed by atoms with Gasteiger partial charge in [0, 0.05) is 20.2 Å². The molecule has 2 amide bonds. The van der Waals surface area contributed by atoms with Crippen molar-refractivity contribution in [3.8, 4) is 6.07 Å². The van der Waals surface area contributed by atoms with Gasteiger partial charge < -0.3 is 24.2 Å². The van der Waals surface area contributed by atoms with Crippen LogP contribution in [0.25, 0.3) is 0 Å². The average molecular weight is 358 g/mol. The number of carbonyl (C=O) groups excluding carboxylic acids is 1. The van der Waals surface area contributed by atoms with Gasteiger partial charge in [-0.1, -0.05) is 5.16 Å². The van der Waals surface area contributed by atoms with E-state index in [0.717, 1.165) is 0 Å². The molecule has 26 heavy (non-hydrogen) atoms. The molecule has 0 bridgehead atoms. The van der Waals surface area contributed by atoms with Gasteiger partial charge in [0.1, 0.15) is 18.4 Å².